The topological polar surface area (TPSA) is 93.1 Å². The van der Waals surface area contributed by atoms with E-state index in [1.165, 1.54) is 17.5 Å². The van der Waals surface area contributed by atoms with Crippen LogP contribution in [0.25, 0.3) is 10.6 Å². The van der Waals surface area contributed by atoms with Gasteiger partial charge in [-0.25, -0.2) is 4.98 Å². The van der Waals surface area contributed by atoms with Crippen molar-refractivity contribution in [2.45, 2.75) is 13.0 Å². The van der Waals surface area contributed by atoms with E-state index in [-0.39, 0.29) is 12.0 Å². The molecule has 9 heteroatoms. The minimum atomic E-state index is -0.319. The first-order chi connectivity index (χ1) is 15.5. The molecular formula is C23H22N6O2S. The number of nitrogens with one attached hydrogen (secondary N) is 1. The van der Waals surface area contributed by atoms with E-state index < -0.39 is 0 Å². The number of nitrogens with zero attached hydrogens (tertiary/aromatic N) is 5. The minimum absolute atomic E-state index is 0.185. The van der Waals surface area contributed by atoms with Gasteiger partial charge in [0.25, 0.3) is 5.91 Å². The smallest absolute Gasteiger partial charge is 0.259 e. The number of ether oxygens (including phenoxy) is 1. The molecule has 1 atom stereocenters. The van der Waals surface area contributed by atoms with E-state index in [1.54, 1.807) is 18.5 Å². The van der Waals surface area contributed by atoms with Gasteiger partial charge in [-0.3, -0.25) is 15.1 Å². The lowest BCUT2D eigenvalue weighted by molar-refractivity contribution is 0.102. The van der Waals surface area contributed by atoms with Crippen molar-refractivity contribution in [3.8, 4) is 16.5 Å². The molecule has 162 valence electrons. The minimum Gasteiger partial charge on any atom is -0.468 e. The van der Waals surface area contributed by atoms with E-state index in [1.807, 2.05) is 68.4 Å². The third-order valence-electron chi connectivity index (χ3n) is 4.71. The fourth-order valence-corrected chi connectivity index (χ4v) is 3.73. The maximum Gasteiger partial charge on any atom is 0.259 e. The van der Waals surface area contributed by atoms with Gasteiger partial charge in [-0.2, -0.15) is 0 Å². The third kappa shape index (κ3) is 4.89. The quantitative estimate of drug-likeness (QED) is 0.448. The van der Waals surface area contributed by atoms with Gasteiger partial charge in [-0.1, -0.05) is 41.7 Å². The third-order valence-corrected chi connectivity index (χ3v) is 5.59. The lowest BCUT2D eigenvalue weighted by Crippen LogP contribution is -2.17. The van der Waals surface area contributed by atoms with Crippen LogP contribution >= 0.6 is 11.3 Å². The fourth-order valence-electron chi connectivity index (χ4n) is 2.99. The van der Waals surface area contributed by atoms with Crippen LogP contribution in [0.1, 0.15) is 28.9 Å². The van der Waals surface area contributed by atoms with Gasteiger partial charge in [0.05, 0.1) is 5.56 Å². The second kappa shape index (κ2) is 9.52. The van der Waals surface area contributed by atoms with Gasteiger partial charge in [-0.15, -0.1) is 10.2 Å². The molecule has 0 saturated carbocycles. The molecule has 0 aliphatic carbocycles. The molecule has 8 nitrogen and oxygen atoms in total. The van der Waals surface area contributed by atoms with Crippen LogP contribution in [0.3, 0.4) is 0 Å². The molecule has 4 aromatic rings. The van der Waals surface area contributed by atoms with Gasteiger partial charge in [0, 0.05) is 38.2 Å². The molecule has 0 bridgehead atoms. The Balaban J connectivity index is 1.51. The zero-order chi connectivity index (χ0) is 22.5. The van der Waals surface area contributed by atoms with E-state index in [0.717, 1.165) is 11.1 Å². The Morgan fingerprint density at radius 1 is 1.09 bits per heavy atom. The number of hydrogen-bond acceptors (Lipinski definition) is 8. The summed E-state index contributed by atoms with van der Waals surface area (Å²) in [5.41, 5.74) is 3.04. The van der Waals surface area contributed by atoms with Crippen molar-refractivity contribution in [3.05, 3.63) is 78.2 Å². The molecule has 32 heavy (non-hydrogen) atoms. The average Bonchev–Trinajstić information content (AvgIpc) is 3.28. The van der Waals surface area contributed by atoms with E-state index in [9.17, 15) is 4.79 Å². The first-order valence-electron chi connectivity index (χ1n) is 9.95. The lowest BCUT2D eigenvalue weighted by Gasteiger charge is -2.21. The highest BCUT2D eigenvalue weighted by molar-refractivity contribution is 7.18. The number of hydrogen-bond donors (Lipinski definition) is 1. The number of aromatic nitrogens is 4. The van der Waals surface area contributed by atoms with Gasteiger partial charge < -0.3 is 9.64 Å². The van der Waals surface area contributed by atoms with Crippen LogP contribution in [0.4, 0.5) is 10.8 Å². The van der Waals surface area contributed by atoms with Crippen molar-refractivity contribution >= 4 is 28.1 Å². The van der Waals surface area contributed by atoms with Gasteiger partial charge in [0.15, 0.2) is 0 Å². The number of carbonyl (C=O) groups is 1. The molecule has 0 saturated heterocycles. The number of benzene rings is 1. The SMILES string of the molecule is CC(Oc1ncc(C(=O)Nc2nnc(-c3ccncc3)s2)cc1N(C)C)c1ccccc1. The Kier molecular flexibility index (Phi) is 6.37. The Morgan fingerprint density at radius 3 is 2.56 bits per heavy atom. The first kappa shape index (κ1) is 21.4. The Morgan fingerprint density at radius 2 is 1.84 bits per heavy atom. The van der Waals surface area contributed by atoms with Crippen LogP contribution in [0.15, 0.2) is 67.1 Å². The van der Waals surface area contributed by atoms with Crippen molar-refractivity contribution in [3.63, 3.8) is 0 Å². The van der Waals surface area contributed by atoms with Gasteiger partial charge in [-0.05, 0) is 30.7 Å². The van der Waals surface area contributed by atoms with Crippen LogP contribution < -0.4 is 15.0 Å². The number of carbonyl (C=O) groups excluding carboxylic acids is 1. The summed E-state index contributed by atoms with van der Waals surface area (Å²) in [6, 6.07) is 15.3. The van der Waals surface area contributed by atoms with Gasteiger partial charge in [0.1, 0.15) is 16.8 Å². The van der Waals surface area contributed by atoms with Crippen LogP contribution in [0, 0.1) is 0 Å². The molecular weight excluding hydrogens is 424 g/mol. The molecule has 1 unspecified atom stereocenters. The zero-order valence-corrected chi connectivity index (χ0v) is 18.7. The maximum absolute atomic E-state index is 12.8. The molecule has 3 aromatic heterocycles. The van der Waals surface area contributed by atoms with E-state index in [0.29, 0.717) is 27.3 Å². The van der Waals surface area contributed by atoms with Gasteiger partial charge in [0.2, 0.25) is 11.0 Å². The number of anilines is 2. The summed E-state index contributed by atoms with van der Waals surface area (Å²) in [6.07, 6.45) is 4.69. The Bertz CT molecular complexity index is 1200. The highest BCUT2D eigenvalue weighted by Gasteiger charge is 2.18. The van der Waals surface area contributed by atoms with E-state index in [4.69, 9.17) is 4.74 Å². The van der Waals surface area contributed by atoms with Crippen LogP contribution in [-0.4, -0.2) is 40.2 Å². The molecule has 3 heterocycles. The Labute approximate surface area is 189 Å². The fraction of sp³-hybridized carbons (Fsp3) is 0.174. The molecule has 0 radical (unpaired) electrons. The predicted molar refractivity (Wildman–Crippen MR) is 125 cm³/mol. The molecule has 0 fully saturated rings. The molecule has 1 aromatic carbocycles. The van der Waals surface area contributed by atoms with E-state index in [2.05, 4.69) is 25.5 Å². The molecule has 4 rings (SSSR count). The molecule has 1 amide bonds. The van der Waals surface area contributed by atoms with Crippen LogP contribution in [0.5, 0.6) is 5.88 Å². The van der Waals surface area contributed by atoms with Crippen LogP contribution in [-0.2, 0) is 0 Å². The van der Waals surface area contributed by atoms with Gasteiger partial charge >= 0.3 is 0 Å². The lowest BCUT2D eigenvalue weighted by atomic mass is 10.1. The summed E-state index contributed by atoms with van der Waals surface area (Å²) in [5.74, 6) is 0.138. The summed E-state index contributed by atoms with van der Waals surface area (Å²) >= 11 is 1.29. The van der Waals surface area contributed by atoms with Crippen molar-refractivity contribution in [1.29, 1.82) is 0 Å². The van der Waals surface area contributed by atoms with Crippen molar-refractivity contribution in [1.82, 2.24) is 20.2 Å². The molecule has 0 aliphatic heterocycles. The number of amides is 1. The van der Waals surface area contributed by atoms with Crippen molar-refractivity contribution in [2.24, 2.45) is 0 Å². The maximum atomic E-state index is 12.8. The zero-order valence-electron chi connectivity index (χ0n) is 17.9. The second-order valence-electron chi connectivity index (χ2n) is 7.22. The number of pyridine rings is 2. The number of rotatable bonds is 7. The van der Waals surface area contributed by atoms with Crippen molar-refractivity contribution in [2.75, 3.05) is 24.3 Å². The standard InChI is InChI=1S/C23H22N6O2S/c1-15(16-7-5-4-6-8-16)31-21-19(29(2)3)13-18(14-25-21)20(30)26-23-28-27-22(32-23)17-9-11-24-12-10-17/h4-15H,1-3H3,(H,26,28,30). The summed E-state index contributed by atoms with van der Waals surface area (Å²) in [6.45, 7) is 1.97. The average molecular weight is 447 g/mol. The summed E-state index contributed by atoms with van der Waals surface area (Å²) in [4.78, 5) is 23.1. The largest absolute Gasteiger partial charge is 0.468 e. The summed E-state index contributed by atoms with van der Waals surface area (Å²) in [5, 5.41) is 12.1. The molecule has 1 N–H and O–H groups in total. The summed E-state index contributed by atoms with van der Waals surface area (Å²) < 4.78 is 6.09. The Hall–Kier alpha value is -3.85. The van der Waals surface area contributed by atoms with Crippen molar-refractivity contribution < 1.29 is 9.53 Å². The monoisotopic (exact) mass is 446 g/mol. The van der Waals surface area contributed by atoms with E-state index >= 15 is 0 Å². The normalized spacial score (nSPS) is 11.6. The van der Waals surface area contributed by atoms with Crippen LogP contribution in [0.2, 0.25) is 0 Å². The summed E-state index contributed by atoms with van der Waals surface area (Å²) in [7, 11) is 3.76. The molecule has 0 aliphatic rings. The first-order valence-corrected chi connectivity index (χ1v) is 10.8. The predicted octanol–water partition coefficient (Wildman–Crippen LogP) is 4.45. The highest BCUT2D eigenvalue weighted by Crippen LogP contribution is 2.30. The molecule has 0 spiro atoms. The second-order valence-corrected chi connectivity index (χ2v) is 8.19. The highest BCUT2D eigenvalue weighted by atomic mass is 32.1.